The van der Waals surface area contributed by atoms with Crippen molar-refractivity contribution in [3.63, 3.8) is 0 Å². The Kier molecular flexibility index (Phi) is 6.48. The third kappa shape index (κ3) is 5.19. The van der Waals surface area contributed by atoms with E-state index in [4.69, 9.17) is 18.9 Å². The van der Waals surface area contributed by atoms with E-state index >= 15 is 0 Å². The van der Waals surface area contributed by atoms with Crippen LogP contribution in [0.5, 0.6) is 11.5 Å². The fourth-order valence-electron chi connectivity index (χ4n) is 1.72. The highest BCUT2D eigenvalue weighted by molar-refractivity contribution is 5.41. The molecule has 20 heavy (non-hydrogen) atoms. The first-order valence-electron chi connectivity index (χ1n) is 6.43. The number of nitrogens with zero attached hydrogens (tertiary/aromatic N) is 1. The van der Waals surface area contributed by atoms with E-state index in [9.17, 15) is 0 Å². The van der Waals surface area contributed by atoms with Crippen LogP contribution in [0, 0.1) is 0 Å². The van der Waals surface area contributed by atoms with Gasteiger partial charge in [-0.2, -0.15) is 0 Å². The van der Waals surface area contributed by atoms with Gasteiger partial charge in [-0.05, 0) is 32.7 Å². The zero-order chi connectivity index (χ0) is 15.0. The van der Waals surface area contributed by atoms with E-state index in [2.05, 4.69) is 11.7 Å². The Labute approximate surface area is 120 Å². The maximum Gasteiger partial charge on any atom is 0.162 e. The lowest BCUT2D eigenvalue weighted by molar-refractivity contribution is -0.125. The van der Waals surface area contributed by atoms with Crippen LogP contribution in [0.25, 0.3) is 0 Å². The summed E-state index contributed by atoms with van der Waals surface area (Å²) in [6.45, 7) is 9.32. The van der Waals surface area contributed by atoms with E-state index in [0.717, 1.165) is 30.3 Å². The van der Waals surface area contributed by atoms with Gasteiger partial charge < -0.3 is 18.9 Å². The first-order valence-corrected chi connectivity index (χ1v) is 6.43. The topological polar surface area (TPSA) is 49.3 Å². The zero-order valence-corrected chi connectivity index (χ0v) is 12.6. The highest BCUT2D eigenvalue weighted by Crippen LogP contribution is 2.24. The molecule has 0 spiro atoms. The van der Waals surface area contributed by atoms with Crippen LogP contribution in [-0.4, -0.2) is 39.9 Å². The predicted molar refractivity (Wildman–Crippen MR) is 78.8 cm³/mol. The SMILES string of the molecule is C=NCc1ccc(OC)cc1OC.CC1(C)OCCO1. The van der Waals surface area contributed by atoms with Gasteiger partial charge in [0.2, 0.25) is 0 Å². The quantitative estimate of drug-likeness (QED) is 0.796. The standard InChI is InChI=1S/C10H13NO2.C5H10O2/c1-11-7-8-4-5-9(12-2)6-10(8)13-3;1-5(2)6-3-4-7-5/h4-6H,1,7H2,2-3H3;3-4H2,1-2H3. The van der Waals surface area contributed by atoms with Crippen LogP contribution in [0.3, 0.4) is 0 Å². The summed E-state index contributed by atoms with van der Waals surface area (Å²) in [6.07, 6.45) is 0. The molecule has 0 amide bonds. The van der Waals surface area contributed by atoms with Crippen molar-refractivity contribution < 1.29 is 18.9 Å². The van der Waals surface area contributed by atoms with E-state index in [-0.39, 0.29) is 5.79 Å². The fraction of sp³-hybridized carbons (Fsp3) is 0.533. The molecule has 112 valence electrons. The summed E-state index contributed by atoms with van der Waals surface area (Å²) in [6, 6.07) is 5.63. The van der Waals surface area contributed by atoms with Crippen molar-refractivity contribution >= 4 is 6.72 Å². The van der Waals surface area contributed by atoms with E-state index in [1.165, 1.54) is 0 Å². The number of methoxy groups -OCH3 is 2. The highest BCUT2D eigenvalue weighted by Gasteiger charge is 2.23. The summed E-state index contributed by atoms with van der Waals surface area (Å²) in [7, 11) is 3.25. The van der Waals surface area contributed by atoms with Crippen molar-refractivity contribution in [1.29, 1.82) is 0 Å². The van der Waals surface area contributed by atoms with Crippen LogP contribution in [0.4, 0.5) is 0 Å². The van der Waals surface area contributed by atoms with E-state index in [1.54, 1.807) is 14.2 Å². The number of ether oxygens (including phenoxy) is 4. The van der Waals surface area contributed by atoms with Crippen LogP contribution in [0.2, 0.25) is 0 Å². The molecular weight excluding hydrogens is 258 g/mol. The minimum atomic E-state index is -0.306. The molecule has 1 saturated heterocycles. The summed E-state index contributed by atoms with van der Waals surface area (Å²) < 4.78 is 20.5. The van der Waals surface area contributed by atoms with Gasteiger partial charge in [-0.1, -0.05) is 0 Å². The Morgan fingerprint density at radius 3 is 2.25 bits per heavy atom. The third-order valence-corrected chi connectivity index (χ3v) is 2.76. The molecule has 1 aliphatic heterocycles. The van der Waals surface area contributed by atoms with Gasteiger partial charge in [-0.15, -0.1) is 0 Å². The molecule has 0 aliphatic carbocycles. The average Bonchev–Trinajstić information content (AvgIpc) is 2.85. The van der Waals surface area contributed by atoms with Crippen LogP contribution in [0.1, 0.15) is 19.4 Å². The number of benzene rings is 1. The Morgan fingerprint density at radius 1 is 1.20 bits per heavy atom. The minimum absolute atomic E-state index is 0.306. The van der Waals surface area contributed by atoms with E-state index < -0.39 is 0 Å². The van der Waals surface area contributed by atoms with Gasteiger partial charge in [0.05, 0.1) is 34.0 Å². The molecule has 0 aromatic heterocycles. The zero-order valence-electron chi connectivity index (χ0n) is 12.6. The molecule has 5 heteroatoms. The molecular formula is C15H23NO4. The van der Waals surface area contributed by atoms with Crippen molar-refractivity contribution in [1.82, 2.24) is 0 Å². The smallest absolute Gasteiger partial charge is 0.162 e. The van der Waals surface area contributed by atoms with Crippen molar-refractivity contribution in [3.8, 4) is 11.5 Å². The maximum atomic E-state index is 5.17. The molecule has 0 N–H and O–H groups in total. The molecule has 1 aromatic carbocycles. The lowest BCUT2D eigenvalue weighted by Crippen LogP contribution is -2.18. The predicted octanol–water partition coefficient (Wildman–Crippen LogP) is 2.67. The van der Waals surface area contributed by atoms with Crippen molar-refractivity contribution in [2.75, 3.05) is 27.4 Å². The van der Waals surface area contributed by atoms with E-state index in [0.29, 0.717) is 6.54 Å². The van der Waals surface area contributed by atoms with Gasteiger partial charge in [0.1, 0.15) is 11.5 Å². The Morgan fingerprint density at radius 2 is 1.85 bits per heavy atom. The largest absolute Gasteiger partial charge is 0.497 e. The molecule has 1 heterocycles. The Hall–Kier alpha value is -1.59. The third-order valence-electron chi connectivity index (χ3n) is 2.76. The molecule has 1 aliphatic rings. The molecule has 1 aromatic rings. The lowest BCUT2D eigenvalue weighted by atomic mass is 10.2. The summed E-state index contributed by atoms with van der Waals surface area (Å²) in [4.78, 5) is 3.80. The Balaban J connectivity index is 0.000000240. The van der Waals surface area contributed by atoms with Gasteiger partial charge in [-0.3, -0.25) is 4.99 Å². The molecule has 0 saturated carbocycles. The van der Waals surface area contributed by atoms with Crippen LogP contribution < -0.4 is 9.47 Å². The number of aliphatic imine (C=N–C) groups is 1. The number of rotatable bonds is 4. The van der Waals surface area contributed by atoms with Gasteiger partial charge in [0.15, 0.2) is 5.79 Å². The summed E-state index contributed by atoms with van der Waals surface area (Å²) in [5.74, 6) is 1.26. The minimum Gasteiger partial charge on any atom is -0.497 e. The Bertz CT molecular complexity index is 424. The first kappa shape index (κ1) is 16.5. The van der Waals surface area contributed by atoms with Gasteiger partial charge >= 0.3 is 0 Å². The van der Waals surface area contributed by atoms with Crippen molar-refractivity contribution in [2.45, 2.75) is 26.2 Å². The first-order chi connectivity index (χ1) is 9.52. The molecule has 1 fully saturated rings. The summed E-state index contributed by atoms with van der Waals surface area (Å²) in [5.41, 5.74) is 1.01. The second-order valence-corrected chi connectivity index (χ2v) is 4.66. The van der Waals surface area contributed by atoms with Crippen LogP contribution >= 0.6 is 0 Å². The molecule has 2 rings (SSSR count). The molecule has 5 nitrogen and oxygen atoms in total. The average molecular weight is 281 g/mol. The summed E-state index contributed by atoms with van der Waals surface area (Å²) >= 11 is 0. The maximum absolute atomic E-state index is 5.17. The normalized spacial score (nSPS) is 16.0. The fourth-order valence-corrected chi connectivity index (χ4v) is 1.72. The van der Waals surface area contributed by atoms with Crippen LogP contribution in [-0.2, 0) is 16.0 Å². The van der Waals surface area contributed by atoms with Gasteiger partial charge in [0.25, 0.3) is 0 Å². The lowest BCUT2D eigenvalue weighted by Gasteiger charge is -2.13. The van der Waals surface area contributed by atoms with Crippen LogP contribution in [0.15, 0.2) is 23.2 Å². The van der Waals surface area contributed by atoms with Crippen molar-refractivity contribution in [3.05, 3.63) is 23.8 Å². The highest BCUT2D eigenvalue weighted by atomic mass is 16.7. The molecule has 0 bridgehead atoms. The molecule has 0 unspecified atom stereocenters. The number of hydrogen-bond acceptors (Lipinski definition) is 5. The molecule has 0 radical (unpaired) electrons. The van der Waals surface area contributed by atoms with Crippen molar-refractivity contribution in [2.24, 2.45) is 4.99 Å². The monoisotopic (exact) mass is 281 g/mol. The number of hydrogen-bond donors (Lipinski definition) is 0. The van der Waals surface area contributed by atoms with Gasteiger partial charge in [0, 0.05) is 11.6 Å². The summed E-state index contributed by atoms with van der Waals surface area (Å²) in [5, 5.41) is 0. The second-order valence-electron chi connectivity index (χ2n) is 4.66. The van der Waals surface area contributed by atoms with E-state index in [1.807, 2.05) is 32.0 Å². The van der Waals surface area contributed by atoms with Gasteiger partial charge in [-0.25, -0.2) is 0 Å². The molecule has 0 atom stereocenters. The second kappa shape index (κ2) is 7.87.